The van der Waals surface area contributed by atoms with E-state index < -0.39 is 0 Å². The van der Waals surface area contributed by atoms with Gasteiger partial charge in [0.05, 0.1) is 29.2 Å². The topological polar surface area (TPSA) is 64.7 Å². The van der Waals surface area contributed by atoms with Crippen LogP contribution in [0.25, 0.3) is 5.69 Å². The molecule has 1 amide bonds. The number of carbonyl (C=O) groups excluding carboxylic acids is 1. The molecule has 1 N–H and O–H groups in total. The summed E-state index contributed by atoms with van der Waals surface area (Å²) in [6.07, 6.45) is 0. The summed E-state index contributed by atoms with van der Waals surface area (Å²) in [4.78, 5) is 12.9. The van der Waals surface area contributed by atoms with Gasteiger partial charge in [-0.05, 0) is 50.6 Å². The third kappa shape index (κ3) is 4.29. The normalized spacial score (nSPS) is 11.0. The Bertz CT molecular complexity index is 1260. The molecule has 2 heterocycles. The molecule has 0 fully saturated rings. The number of para-hydroxylation sites is 1. The van der Waals surface area contributed by atoms with Crippen molar-refractivity contribution in [3.05, 3.63) is 99.3 Å². The number of hydrogen-bond donors (Lipinski definition) is 1. The molecule has 0 atom stereocenters. The molecule has 32 heavy (non-hydrogen) atoms. The Hall–Kier alpha value is -3.45. The fourth-order valence-corrected chi connectivity index (χ4v) is 4.01. The zero-order chi connectivity index (χ0) is 22.8. The molecule has 4 rings (SSSR count). The van der Waals surface area contributed by atoms with Crippen LogP contribution in [0.2, 0.25) is 5.15 Å². The van der Waals surface area contributed by atoms with E-state index >= 15 is 0 Å². The van der Waals surface area contributed by atoms with Crippen LogP contribution in [0.1, 0.15) is 38.6 Å². The molecule has 0 radical (unpaired) electrons. The molecule has 0 saturated carbocycles. The number of aryl methyl sites for hydroxylation is 2. The van der Waals surface area contributed by atoms with Crippen LogP contribution in [-0.2, 0) is 13.1 Å². The van der Waals surface area contributed by atoms with Crippen molar-refractivity contribution in [1.82, 2.24) is 24.9 Å². The van der Waals surface area contributed by atoms with Gasteiger partial charge in [-0.15, -0.1) is 0 Å². The van der Waals surface area contributed by atoms with Crippen LogP contribution in [0, 0.1) is 26.6 Å². The largest absolute Gasteiger partial charge is 0.348 e. The van der Waals surface area contributed by atoms with E-state index in [9.17, 15) is 9.18 Å². The molecule has 0 aliphatic rings. The maximum absolute atomic E-state index is 13.2. The summed E-state index contributed by atoms with van der Waals surface area (Å²) >= 11 is 6.48. The van der Waals surface area contributed by atoms with E-state index in [4.69, 9.17) is 11.6 Å². The van der Waals surface area contributed by atoms with Gasteiger partial charge in [0.1, 0.15) is 11.0 Å². The van der Waals surface area contributed by atoms with Gasteiger partial charge in [-0.25, -0.2) is 13.8 Å². The van der Waals surface area contributed by atoms with Crippen molar-refractivity contribution in [2.24, 2.45) is 0 Å². The lowest BCUT2D eigenvalue weighted by molar-refractivity contribution is 0.0950. The van der Waals surface area contributed by atoms with Gasteiger partial charge in [-0.2, -0.15) is 10.2 Å². The van der Waals surface area contributed by atoms with Crippen LogP contribution in [0.4, 0.5) is 4.39 Å². The summed E-state index contributed by atoms with van der Waals surface area (Å²) in [6.45, 7) is 6.31. The quantitative estimate of drug-likeness (QED) is 0.459. The molecular formula is C24H23ClFN5O. The van der Waals surface area contributed by atoms with Gasteiger partial charge in [-0.1, -0.05) is 41.9 Å². The van der Waals surface area contributed by atoms with Crippen LogP contribution in [0.15, 0.2) is 54.6 Å². The standard InChI is InChI=1S/C24H23ClFN5O/c1-15-21(17(3)31(29-15)20-7-5-4-6-8-20)13-27-24(32)22-16(2)28-30(23(22)25)14-18-9-11-19(26)12-10-18/h4-12H,13-14H2,1-3H3,(H,27,32). The zero-order valence-corrected chi connectivity index (χ0v) is 18.8. The van der Waals surface area contributed by atoms with Crippen molar-refractivity contribution in [2.45, 2.75) is 33.9 Å². The number of hydrogen-bond acceptors (Lipinski definition) is 3. The molecule has 0 aliphatic heterocycles. The van der Waals surface area contributed by atoms with Gasteiger partial charge in [0.25, 0.3) is 5.91 Å². The third-order valence-electron chi connectivity index (χ3n) is 5.41. The van der Waals surface area contributed by atoms with Crippen molar-refractivity contribution in [2.75, 3.05) is 0 Å². The third-order valence-corrected chi connectivity index (χ3v) is 5.79. The molecular weight excluding hydrogens is 429 g/mol. The molecule has 4 aromatic rings. The van der Waals surface area contributed by atoms with Crippen LogP contribution in [0.3, 0.4) is 0 Å². The molecule has 0 aliphatic carbocycles. The first-order chi connectivity index (χ1) is 15.3. The minimum absolute atomic E-state index is 0.248. The first-order valence-electron chi connectivity index (χ1n) is 10.2. The SMILES string of the molecule is Cc1nn(-c2ccccc2)c(C)c1CNC(=O)c1c(C)nn(Cc2ccc(F)cc2)c1Cl. The van der Waals surface area contributed by atoms with Gasteiger partial charge in [0.15, 0.2) is 0 Å². The fraction of sp³-hybridized carbons (Fsp3) is 0.208. The zero-order valence-electron chi connectivity index (χ0n) is 18.1. The Labute approximate surface area is 190 Å². The Kier molecular flexibility index (Phi) is 6.10. The second-order valence-electron chi connectivity index (χ2n) is 7.61. The molecule has 8 heteroatoms. The number of carbonyl (C=O) groups is 1. The van der Waals surface area contributed by atoms with Gasteiger partial charge < -0.3 is 5.32 Å². The molecule has 0 unspecified atom stereocenters. The van der Waals surface area contributed by atoms with Crippen molar-refractivity contribution in [1.29, 1.82) is 0 Å². The molecule has 0 saturated heterocycles. The van der Waals surface area contributed by atoms with E-state index in [1.165, 1.54) is 12.1 Å². The van der Waals surface area contributed by atoms with E-state index in [2.05, 4.69) is 15.5 Å². The van der Waals surface area contributed by atoms with Crippen LogP contribution in [0.5, 0.6) is 0 Å². The average molecular weight is 452 g/mol. The van der Waals surface area contributed by atoms with Crippen molar-refractivity contribution >= 4 is 17.5 Å². The highest BCUT2D eigenvalue weighted by molar-refractivity contribution is 6.33. The lowest BCUT2D eigenvalue weighted by Crippen LogP contribution is -2.24. The Morgan fingerprint density at radius 1 is 1.00 bits per heavy atom. The second-order valence-corrected chi connectivity index (χ2v) is 7.97. The van der Waals surface area contributed by atoms with Crippen LogP contribution >= 0.6 is 11.6 Å². The first-order valence-corrected chi connectivity index (χ1v) is 10.6. The lowest BCUT2D eigenvalue weighted by Gasteiger charge is -2.08. The summed E-state index contributed by atoms with van der Waals surface area (Å²) in [5.41, 5.74) is 5.43. The summed E-state index contributed by atoms with van der Waals surface area (Å²) < 4.78 is 16.6. The molecule has 2 aromatic heterocycles. The Balaban J connectivity index is 1.51. The monoisotopic (exact) mass is 451 g/mol. The highest BCUT2D eigenvalue weighted by atomic mass is 35.5. The Morgan fingerprint density at radius 3 is 2.38 bits per heavy atom. The highest BCUT2D eigenvalue weighted by Gasteiger charge is 2.21. The number of halogens is 2. The van der Waals surface area contributed by atoms with E-state index in [1.54, 1.807) is 23.7 Å². The second kappa shape index (κ2) is 8.96. The van der Waals surface area contributed by atoms with Gasteiger partial charge in [-0.3, -0.25) is 4.79 Å². The Morgan fingerprint density at radius 2 is 1.69 bits per heavy atom. The minimum Gasteiger partial charge on any atom is -0.348 e. The maximum Gasteiger partial charge on any atom is 0.256 e. The van der Waals surface area contributed by atoms with Gasteiger partial charge in [0.2, 0.25) is 0 Å². The lowest BCUT2D eigenvalue weighted by atomic mass is 10.2. The van der Waals surface area contributed by atoms with Crippen molar-refractivity contribution < 1.29 is 9.18 Å². The van der Waals surface area contributed by atoms with E-state index in [-0.39, 0.29) is 16.9 Å². The maximum atomic E-state index is 13.2. The number of amides is 1. The summed E-state index contributed by atoms with van der Waals surface area (Å²) in [7, 11) is 0. The average Bonchev–Trinajstić information content (AvgIpc) is 3.22. The first kappa shape index (κ1) is 21.8. The summed E-state index contributed by atoms with van der Waals surface area (Å²) in [6, 6.07) is 15.9. The summed E-state index contributed by atoms with van der Waals surface area (Å²) in [5.74, 6) is -0.609. The van der Waals surface area contributed by atoms with Crippen LogP contribution in [-0.4, -0.2) is 25.5 Å². The molecule has 0 bridgehead atoms. The van der Waals surface area contributed by atoms with E-state index in [1.807, 2.05) is 48.9 Å². The van der Waals surface area contributed by atoms with Crippen LogP contribution < -0.4 is 5.32 Å². The number of nitrogens with zero attached hydrogens (tertiary/aromatic N) is 4. The molecule has 0 spiro atoms. The predicted octanol–water partition coefficient (Wildman–Crippen LogP) is 4.76. The minimum atomic E-state index is -0.308. The smallest absolute Gasteiger partial charge is 0.256 e. The molecule has 164 valence electrons. The number of benzene rings is 2. The van der Waals surface area contributed by atoms with Gasteiger partial charge >= 0.3 is 0 Å². The number of aromatic nitrogens is 4. The predicted molar refractivity (Wildman–Crippen MR) is 122 cm³/mol. The molecule has 2 aromatic carbocycles. The van der Waals surface area contributed by atoms with E-state index in [0.29, 0.717) is 24.3 Å². The number of rotatable bonds is 6. The fourth-order valence-electron chi connectivity index (χ4n) is 3.69. The van der Waals surface area contributed by atoms with Crippen molar-refractivity contribution in [3.63, 3.8) is 0 Å². The molecule has 6 nitrogen and oxygen atoms in total. The highest BCUT2D eigenvalue weighted by Crippen LogP contribution is 2.22. The number of nitrogens with one attached hydrogen (secondary N) is 1. The van der Waals surface area contributed by atoms with E-state index in [0.717, 1.165) is 28.2 Å². The van der Waals surface area contributed by atoms with Crippen molar-refractivity contribution in [3.8, 4) is 5.69 Å². The van der Waals surface area contributed by atoms with Gasteiger partial charge in [0, 0.05) is 17.8 Å². The summed E-state index contributed by atoms with van der Waals surface area (Å²) in [5, 5.41) is 12.2.